The zero-order chi connectivity index (χ0) is 15.0. The van der Waals surface area contributed by atoms with Crippen molar-refractivity contribution in [3.8, 4) is 0 Å². The minimum Gasteiger partial charge on any atom is -0.480 e. The number of carbonyl (C=O) groups excluding carboxylic acids is 1. The largest absolute Gasteiger partial charge is 0.480 e. The van der Waals surface area contributed by atoms with Gasteiger partial charge in [-0.1, -0.05) is 12.1 Å². The Bertz CT molecular complexity index is 505. The zero-order valence-corrected chi connectivity index (χ0v) is 11.8. The van der Waals surface area contributed by atoms with Crippen molar-refractivity contribution >= 4 is 29.7 Å². The highest BCUT2D eigenvalue weighted by Crippen LogP contribution is 2.05. The maximum Gasteiger partial charge on any atom is 0.326 e. The van der Waals surface area contributed by atoms with Crippen molar-refractivity contribution in [3.05, 3.63) is 41.7 Å². The normalized spacial score (nSPS) is 12.3. The quantitative estimate of drug-likeness (QED) is 0.757. The molecule has 1 unspecified atom stereocenters. The molecule has 0 aromatic heterocycles. The molecule has 1 rings (SSSR count). The Morgan fingerprint density at radius 2 is 2.25 bits per heavy atom. The van der Waals surface area contributed by atoms with Crippen LogP contribution in [0.4, 0.5) is 4.39 Å². The van der Waals surface area contributed by atoms with Gasteiger partial charge in [0.25, 0.3) is 0 Å². The van der Waals surface area contributed by atoms with Crippen LogP contribution in [0.25, 0.3) is 6.08 Å². The van der Waals surface area contributed by atoms with E-state index in [4.69, 9.17) is 5.11 Å². The number of rotatable bonds is 7. The van der Waals surface area contributed by atoms with E-state index in [9.17, 15) is 14.0 Å². The van der Waals surface area contributed by atoms with E-state index in [0.717, 1.165) is 0 Å². The SMILES string of the molecule is CSCCC(NC(=O)/C=C/c1cccc(F)c1)C(=O)O. The molecule has 0 saturated heterocycles. The first-order chi connectivity index (χ1) is 9.52. The molecule has 0 aliphatic heterocycles. The van der Waals surface area contributed by atoms with Crippen LogP contribution in [0.3, 0.4) is 0 Å². The molecular weight excluding hydrogens is 281 g/mol. The fourth-order valence-corrected chi connectivity index (χ4v) is 1.97. The Morgan fingerprint density at radius 1 is 1.50 bits per heavy atom. The molecule has 1 aromatic carbocycles. The summed E-state index contributed by atoms with van der Waals surface area (Å²) < 4.78 is 12.9. The van der Waals surface area contributed by atoms with E-state index in [2.05, 4.69) is 5.32 Å². The number of amides is 1. The Balaban J connectivity index is 2.59. The van der Waals surface area contributed by atoms with Gasteiger partial charge in [-0.3, -0.25) is 4.79 Å². The van der Waals surface area contributed by atoms with Crippen LogP contribution in [0.15, 0.2) is 30.3 Å². The average Bonchev–Trinajstić information content (AvgIpc) is 2.41. The van der Waals surface area contributed by atoms with Crippen LogP contribution >= 0.6 is 11.8 Å². The summed E-state index contributed by atoms with van der Waals surface area (Å²) in [4.78, 5) is 22.6. The smallest absolute Gasteiger partial charge is 0.326 e. The summed E-state index contributed by atoms with van der Waals surface area (Å²) in [5.74, 6) is -1.32. The molecular formula is C14H16FNO3S. The van der Waals surface area contributed by atoms with Gasteiger partial charge < -0.3 is 10.4 Å². The number of nitrogens with one attached hydrogen (secondary N) is 1. The number of hydrogen-bond donors (Lipinski definition) is 2. The monoisotopic (exact) mass is 297 g/mol. The molecule has 1 atom stereocenters. The van der Waals surface area contributed by atoms with Crippen LogP contribution in [0.1, 0.15) is 12.0 Å². The maximum absolute atomic E-state index is 12.9. The Morgan fingerprint density at radius 3 is 2.85 bits per heavy atom. The number of carbonyl (C=O) groups is 2. The molecule has 2 N–H and O–H groups in total. The third-order valence-corrected chi connectivity index (χ3v) is 3.15. The van der Waals surface area contributed by atoms with E-state index in [-0.39, 0.29) is 0 Å². The summed E-state index contributed by atoms with van der Waals surface area (Å²) in [5.41, 5.74) is 0.538. The number of halogens is 1. The molecule has 6 heteroatoms. The number of hydrogen-bond acceptors (Lipinski definition) is 3. The summed E-state index contributed by atoms with van der Waals surface area (Å²) in [7, 11) is 0. The lowest BCUT2D eigenvalue weighted by Crippen LogP contribution is -2.40. The summed E-state index contributed by atoms with van der Waals surface area (Å²) in [5, 5.41) is 11.4. The fraction of sp³-hybridized carbons (Fsp3) is 0.286. The molecule has 108 valence electrons. The van der Waals surface area contributed by atoms with Gasteiger partial charge >= 0.3 is 5.97 Å². The minimum atomic E-state index is -1.06. The fourth-order valence-electron chi connectivity index (χ4n) is 1.50. The molecule has 0 bridgehead atoms. The number of aliphatic carboxylic acids is 1. The summed E-state index contributed by atoms with van der Waals surface area (Å²) in [6.45, 7) is 0. The summed E-state index contributed by atoms with van der Waals surface area (Å²) >= 11 is 1.51. The maximum atomic E-state index is 12.9. The first kappa shape index (κ1) is 16.2. The van der Waals surface area contributed by atoms with E-state index in [1.165, 1.54) is 42.1 Å². The highest BCUT2D eigenvalue weighted by Gasteiger charge is 2.17. The molecule has 0 saturated carbocycles. The van der Waals surface area contributed by atoms with E-state index in [1.807, 2.05) is 6.26 Å². The first-order valence-electron chi connectivity index (χ1n) is 5.99. The molecule has 0 radical (unpaired) electrons. The molecule has 20 heavy (non-hydrogen) atoms. The van der Waals surface area contributed by atoms with Crippen LogP contribution in [0.2, 0.25) is 0 Å². The van der Waals surface area contributed by atoms with Crippen LogP contribution in [0.5, 0.6) is 0 Å². The predicted octanol–water partition coefficient (Wildman–Crippen LogP) is 2.16. The van der Waals surface area contributed by atoms with Crippen LogP contribution < -0.4 is 5.32 Å². The van der Waals surface area contributed by atoms with Gasteiger partial charge in [0.1, 0.15) is 11.9 Å². The minimum absolute atomic E-state index is 0.357. The Kier molecular flexibility index (Phi) is 6.79. The Labute approximate surface area is 121 Å². The van der Waals surface area contributed by atoms with Gasteiger partial charge in [-0.2, -0.15) is 11.8 Å². The van der Waals surface area contributed by atoms with Crippen molar-refractivity contribution in [1.29, 1.82) is 0 Å². The standard InChI is InChI=1S/C14H16FNO3S/c1-20-8-7-12(14(18)19)16-13(17)6-5-10-3-2-4-11(15)9-10/h2-6,9,12H,7-8H2,1H3,(H,16,17)(H,18,19)/b6-5+. The van der Waals surface area contributed by atoms with E-state index < -0.39 is 23.7 Å². The number of carboxylic acids is 1. The number of carboxylic acid groups (broad SMARTS) is 1. The first-order valence-corrected chi connectivity index (χ1v) is 7.38. The van der Waals surface area contributed by atoms with Crippen molar-refractivity contribution in [1.82, 2.24) is 5.32 Å². The number of thioether (sulfide) groups is 1. The van der Waals surface area contributed by atoms with Crippen molar-refractivity contribution in [2.24, 2.45) is 0 Å². The van der Waals surface area contributed by atoms with Gasteiger partial charge in [0.2, 0.25) is 5.91 Å². The number of benzene rings is 1. The lowest BCUT2D eigenvalue weighted by atomic mass is 10.2. The molecule has 0 aliphatic carbocycles. The van der Waals surface area contributed by atoms with E-state index in [1.54, 1.807) is 6.07 Å². The highest BCUT2D eigenvalue weighted by molar-refractivity contribution is 7.98. The molecule has 0 heterocycles. The van der Waals surface area contributed by atoms with E-state index >= 15 is 0 Å². The van der Waals surface area contributed by atoms with Gasteiger partial charge in [0, 0.05) is 6.08 Å². The van der Waals surface area contributed by atoms with Crippen molar-refractivity contribution in [2.45, 2.75) is 12.5 Å². The van der Waals surface area contributed by atoms with Gasteiger partial charge in [-0.25, -0.2) is 9.18 Å². The second kappa shape index (κ2) is 8.37. The second-order valence-corrected chi connectivity index (χ2v) is 5.05. The van der Waals surface area contributed by atoms with Crippen molar-refractivity contribution in [3.63, 3.8) is 0 Å². The molecule has 1 aromatic rings. The highest BCUT2D eigenvalue weighted by atomic mass is 32.2. The van der Waals surface area contributed by atoms with Gasteiger partial charge in [-0.05, 0) is 42.2 Å². The molecule has 4 nitrogen and oxygen atoms in total. The van der Waals surface area contributed by atoms with Crippen molar-refractivity contribution < 1.29 is 19.1 Å². The topological polar surface area (TPSA) is 66.4 Å². The van der Waals surface area contributed by atoms with Crippen molar-refractivity contribution in [2.75, 3.05) is 12.0 Å². The van der Waals surface area contributed by atoms with Gasteiger partial charge in [-0.15, -0.1) is 0 Å². The average molecular weight is 297 g/mol. The third-order valence-electron chi connectivity index (χ3n) is 2.50. The molecule has 1 amide bonds. The lowest BCUT2D eigenvalue weighted by molar-refractivity contribution is -0.141. The van der Waals surface area contributed by atoms with Gasteiger partial charge in [0.05, 0.1) is 0 Å². The Hall–Kier alpha value is -1.82. The summed E-state index contributed by atoms with van der Waals surface area (Å²) in [6, 6.07) is 4.86. The zero-order valence-electron chi connectivity index (χ0n) is 11.0. The summed E-state index contributed by atoms with van der Waals surface area (Å²) in [6.07, 6.45) is 4.86. The van der Waals surface area contributed by atoms with Gasteiger partial charge in [0.15, 0.2) is 0 Å². The molecule has 0 spiro atoms. The lowest BCUT2D eigenvalue weighted by Gasteiger charge is -2.12. The molecule has 0 fully saturated rings. The van der Waals surface area contributed by atoms with Crippen LogP contribution in [0, 0.1) is 5.82 Å². The van der Waals surface area contributed by atoms with Crippen LogP contribution in [-0.2, 0) is 9.59 Å². The predicted molar refractivity (Wildman–Crippen MR) is 78.0 cm³/mol. The van der Waals surface area contributed by atoms with E-state index in [0.29, 0.717) is 17.7 Å². The molecule has 0 aliphatic rings. The second-order valence-electron chi connectivity index (χ2n) is 4.07. The third kappa shape index (κ3) is 5.88. The van der Waals surface area contributed by atoms with Crippen LogP contribution in [-0.4, -0.2) is 35.0 Å².